The molecule has 3 N–H and O–H groups in total. The first kappa shape index (κ1) is 19.5. The molecule has 0 aromatic heterocycles. The predicted molar refractivity (Wildman–Crippen MR) is 95.8 cm³/mol. The van der Waals surface area contributed by atoms with Gasteiger partial charge in [-0.1, -0.05) is 15.9 Å². The zero-order valence-electron chi connectivity index (χ0n) is 14.4. The number of anilines is 1. The van der Waals surface area contributed by atoms with E-state index in [1.165, 1.54) is 23.3 Å². The molecule has 2 fully saturated rings. The van der Waals surface area contributed by atoms with E-state index < -0.39 is 24.6 Å². The Labute approximate surface area is 166 Å². The monoisotopic (exact) mass is 463 g/mol. The predicted octanol–water partition coefficient (Wildman–Crippen LogP) is 1.22. The number of carbonyl (C=O) groups is 1. The van der Waals surface area contributed by atoms with E-state index in [1.54, 1.807) is 6.07 Å². The van der Waals surface area contributed by atoms with Gasteiger partial charge in [0.1, 0.15) is 12.5 Å². The van der Waals surface area contributed by atoms with Crippen molar-refractivity contribution in [2.75, 3.05) is 31.3 Å². The second kappa shape index (κ2) is 7.52. The van der Waals surface area contributed by atoms with Crippen LogP contribution in [0.2, 0.25) is 0 Å². The number of carbonyl (C=O) groups excluding carboxylic acids is 1. The van der Waals surface area contributed by atoms with Crippen LogP contribution < -0.4 is 25.8 Å². The number of nitrogens with one attached hydrogen (secondary N) is 3. The lowest BCUT2D eigenvalue weighted by Gasteiger charge is -2.40. The molecule has 0 radical (unpaired) electrons. The van der Waals surface area contributed by atoms with Crippen molar-refractivity contribution in [3.8, 4) is 5.75 Å². The Bertz CT molecular complexity index is 800. The van der Waals surface area contributed by atoms with E-state index in [1.807, 2.05) is 4.90 Å². The highest BCUT2D eigenvalue weighted by molar-refractivity contribution is 9.10. The molecule has 152 valence electrons. The molecule has 12 heteroatoms. The van der Waals surface area contributed by atoms with Crippen molar-refractivity contribution in [1.29, 1.82) is 0 Å². The van der Waals surface area contributed by atoms with Gasteiger partial charge in [0.25, 0.3) is 5.91 Å². The fourth-order valence-electron chi connectivity index (χ4n) is 3.25. The molecule has 4 rings (SSSR count). The van der Waals surface area contributed by atoms with Crippen LogP contribution >= 0.6 is 15.9 Å². The maximum atomic E-state index is 12.8. The van der Waals surface area contributed by atoms with Gasteiger partial charge in [-0.25, -0.2) is 5.43 Å². The van der Waals surface area contributed by atoms with Gasteiger partial charge in [-0.05, 0) is 18.2 Å². The number of fused-ring (bicyclic) bond motifs is 1. The highest BCUT2D eigenvalue weighted by Crippen LogP contribution is 2.36. The van der Waals surface area contributed by atoms with Gasteiger partial charge in [0.05, 0.1) is 24.5 Å². The number of morpholine rings is 1. The van der Waals surface area contributed by atoms with Crippen LogP contribution in [-0.4, -0.2) is 55.9 Å². The smallest absolute Gasteiger partial charge is 0.403 e. The number of alkyl halides is 3. The molecule has 3 aliphatic rings. The number of amides is 1. The molecule has 28 heavy (non-hydrogen) atoms. The lowest BCUT2D eigenvalue weighted by molar-refractivity contribution is -0.274. The number of rotatable bonds is 3. The number of halogens is 4. The molecule has 1 amide bonds. The summed E-state index contributed by atoms with van der Waals surface area (Å²) in [6.45, 7) is 2.45. The van der Waals surface area contributed by atoms with Gasteiger partial charge in [0.15, 0.2) is 5.75 Å². The topological polar surface area (TPSA) is 78.1 Å². The highest BCUT2D eigenvalue weighted by atomic mass is 79.9. The van der Waals surface area contributed by atoms with Gasteiger partial charge in [0, 0.05) is 23.8 Å². The minimum absolute atomic E-state index is 0.125. The summed E-state index contributed by atoms with van der Waals surface area (Å²) in [7, 11) is 0. The second-order valence-electron chi connectivity index (χ2n) is 6.37. The van der Waals surface area contributed by atoms with E-state index in [2.05, 4.69) is 36.7 Å². The highest BCUT2D eigenvalue weighted by Gasteiger charge is 2.40. The SMILES string of the molecule is O=C1NC(N2CCOCC2)NC2NN(c3ccc(Br)cc3OC(F)(F)F)C=C12. The summed E-state index contributed by atoms with van der Waals surface area (Å²) in [4.78, 5) is 14.5. The average Bonchev–Trinajstić information content (AvgIpc) is 3.05. The van der Waals surface area contributed by atoms with E-state index >= 15 is 0 Å². The normalized spacial score (nSPS) is 25.9. The summed E-state index contributed by atoms with van der Waals surface area (Å²) in [5.41, 5.74) is 3.49. The summed E-state index contributed by atoms with van der Waals surface area (Å²) in [5.74, 6) is -0.694. The minimum atomic E-state index is -4.84. The minimum Gasteiger partial charge on any atom is -0.403 e. The van der Waals surface area contributed by atoms with Crippen LogP contribution in [0.4, 0.5) is 18.9 Å². The van der Waals surface area contributed by atoms with Crippen LogP contribution in [0.5, 0.6) is 5.75 Å². The molecule has 1 aromatic rings. The zero-order valence-corrected chi connectivity index (χ0v) is 16.0. The molecule has 0 aliphatic carbocycles. The lowest BCUT2D eigenvalue weighted by Crippen LogP contribution is -2.68. The van der Waals surface area contributed by atoms with E-state index in [0.29, 0.717) is 36.3 Å². The van der Waals surface area contributed by atoms with Crippen molar-refractivity contribution in [3.63, 3.8) is 0 Å². The fourth-order valence-corrected chi connectivity index (χ4v) is 3.59. The maximum absolute atomic E-state index is 12.8. The second-order valence-corrected chi connectivity index (χ2v) is 7.28. The lowest BCUT2D eigenvalue weighted by atomic mass is 10.2. The number of ether oxygens (including phenoxy) is 2. The van der Waals surface area contributed by atoms with Crippen LogP contribution in [0.1, 0.15) is 0 Å². The van der Waals surface area contributed by atoms with Gasteiger partial charge >= 0.3 is 6.36 Å². The Morgan fingerprint density at radius 2 is 2.00 bits per heavy atom. The Morgan fingerprint density at radius 3 is 2.71 bits per heavy atom. The first-order chi connectivity index (χ1) is 13.3. The Morgan fingerprint density at radius 1 is 1.25 bits per heavy atom. The molecular weight excluding hydrogens is 447 g/mol. The molecule has 2 unspecified atom stereocenters. The summed E-state index contributed by atoms with van der Waals surface area (Å²) in [6, 6.07) is 4.27. The third kappa shape index (κ3) is 4.10. The molecule has 0 spiro atoms. The molecular formula is C16H17BrF3N5O3. The Balaban J connectivity index is 1.54. The van der Waals surface area contributed by atoms with E-state index in [0.717, 1.165) is 0 Å². The third-order valence-corrected chi connectivity index (χ3v) is 5.01. The maximum Gasteiger partial charge on any atom is 0.573 e. The summed E-state index contributed by atoms with van der Waals surface area (Å²) in [5, 5.41) is 7.45. The fraction of sp³-hybridized carbons (Fsp3) is 0.438. The van der Waals surface area contributed by atoms with Crippen molar-refractivity contribution >= 4 is 27.5 Å². The Hall–Kier alpha value is -1.86. The zero-order chi connectivity index (χ0) is 19.9. The summed E-state index contributed by atoms with van der Waals surface area (Å²) < 4.78 is 48.2. The van der Waals surface area contributed by atoms with Gasteiger partial charge in [0.2, 0.25) is 0 Å². The molecule has 8 nitrogen and oxygen atoms in total. The van der Waals surface area contributed by atoms with Crippen molar-refractivity contribution in [2.45, 2.75) is 18.8 Å². The number of hydrazine groups is 1. The number of hydrogen-bond donors (Lipinski definition) is 3. The van der Waals surface area contributed by atoms with Crippen LogP contribution in [0.15, 0.2) is 34.4 Å². The number of nitrogens with zero attached hydrogens (tertiary/aromatic N) is 2. The molecule has 2 saturated heterocycles. The van der Waals surface area contributed by atoms with E-state index in [-0.39, 0.29) is 11.6 Å². The van der Waals surface area contributed by atoms with Crippen molar-refractivity contribution in [1.82, 2.24) is 21.0 Å². The molecule has 0 saturated carbocycles. The number of hydrogen-bond acceptors (Lipinski definition) is 7. The molecule has 3 heterocycles. The largest absolute Gasteiger partial charge is 0.573 e. The van der Waals surface area contributed by atoms with Crippen LogP contribution in [0.25, 0.3) is 0 Å². The van der Waals surface area contributed by atoms with Gasteiger partial charge < -0.3 is 14.8 Å². The summed E-state index contributed by atoms with van der Waals surface area (Å²) >= 11 is 3.14. The van der Waals surface area contributed by atoms with Crippen molar-refractivity contribution in [2.24, 2.45) is 0 Å². The van der Waals surface area contributed by atoms with E-state index in [4.69, 9.17) is 4.74 Å². The van der Waals surface area contributed by atoms with Crippen LogP contribution in [0.3, 0.4) is 0 Å². The van der Waals surface area contributed by atoms with Gasteiger partial charge in [-0.15, -0.1) is 13.2 Å². The quantitative estimate of drug-likeness (QED) is 0.621. The molecule has 2 atom stereocenters. The van der Waals surface area contributed by atoms with Gasteiger partial charge in [-0.3, -0.25) is 20.0 Å². The van der Waals surface area contributed by atoms with Crippen LogP contribution in [-0.2, 0) is 9.53 Å². The first-order valence-electron chi connectivity index (χ1n) is 8.51. The third-order valence-electron chi connectivity index (χ3n) is 4.52. The van der Waals surface area contributed by atoms with Crippen LogP contribution in [0, 0.1) is 0 Å². The molecule has 1 aromatic carbocycles. The summed E-state index contributed by atoms with van der Waals surface area (Å²) in [6.07, 6.45) is -4.34. The van der Waals surface area contributed by atoms with Crippen molar-refractivity contribution in [3.05, 3.63) is 34.4 Å². The number of benzene rings is 1. The van der Waals surface area contributed by atoms with Crippen molar-refractivity contribution < 1.29 is 27.4 Å². The van der Waals surface area contributed by atoms with E-state index in [9.17, 15) is 18.0 Å². The molecule has 3 aliphatic heterocycles. The first-order valence-corrected chi connectivity index (χ1v) is 9.30. The molecule has 0 bridgehead atoms. The average molecular weight is 464 g/mol. The standard InChI is InChI=1S/C16H17BrF3N5O3/c17-9-1-2-11(12(7-9)28-16(18,19)20)25-8-10-13(23-25)21-15(22-14(10)26)24-3-5-27-6-4-24/h1-2,7-8,13,15,21,23H,3-6H2,(H,22,26). The van der Waals surface area contributed by atoms with Gasteiger partial charge in [-0.2, -0.15) is 0 Å². The Kier molecular flexibility index (Phi) is 5.22.